The molecule has 0 fully saturated rings. The van der Waals surface area contributed by atoms with Crippen LogP contribution in [0.2, 0.25) is 0 Å². The molecule has 0 aliphatic carbocycles. The molecule has 0 saturated carbocycles. The predicted octanol–water partition coefficient (Wildman–Crippen LogP) is 0.647. The van der Waals surface area contributed by atoms with Gasteiger partial charge in [0.25, 0.3) is 5.56 Å². The second-order valence-electron chi connectivity index (χ2n) is 5.95. The molecule has 9 heteroatoms. The minimum absolute atomic E-state index is 0.0380. The van der Waals surface area contributed by atoms with Gasteiger partial charge in [-0.1, -0.05) is 17.8 Å². The van der Waals surface area contributed by atoms with Crippen molar-refractivity contribution in [2.45, 2.75) is 25.8 Å². The van der Waals surface area contributed by atoms with E-state index in [1.165, 1.54) is 19.7 Å². The van der Waals surface area contributed by atoms with Gasteiger partial charge in [-0.25, -0.2) is 14.9 Å². The quantitative estimate of drug-likeness (QED) is 0.470. The fraction of sp³-hybridized carbons (Fsp3) is 0.353. The number of rotatable bonds is 5. The number of aromatic nitrogens is 3. The SMILES string of the molecule is Cc1cc(C)c(/C=N\NC(=O)CSc2nn(C)c(=O)n(C)c2=O)cc1C. The first-order valence-electron chi connectivity index (χ1n) is 7.87. The highest BCUT2D eigenvalue weighted by Crippen LogP contribution is 2.13. The molecule has 0 unspecified atom stereocenters. The van der Waals surface area contributed by atoms with Gasteiger partial charge in [0.05, 0.1) is 12.0 Å². The Bertz CT molecular complexity index is 991. The molecule has 0 aliphatic heterocycles. The predicted molar refractivity (Wildman–Crippen MR) is 102 cm³/mol. The number of thioether (sulfide) groups is 1. The van der Waals surface area contributed by atoms with Crippen LogP contribution >= 0.6 is 11.8 Å². The lowest BCUT2D eigenvalue weighted by Crippen LogP contribution is -2.39. The van der Waals surface area contributed by atoms with E-state index in [0.717, 1.165) is 37.7 Å². The zero-order valence-corrected chi connectivity index (χ0v) is 16.2. The van der Waals surface area contributed by atoms with Gasteiger partial charge in [0.1, 0.15) is 0 Å². The van der Waals surface area contributed by atoms with E-state index in [1.54, 1.807) is 6.21 Å². The maximum absolute atomic E-state index is 12.0. The van der Waals surface area contributed by atoms with Crippen LogP contribution in [-0.4, -0.2) is 32.2 Å². The number of hydrogen-bond donors (Lipinski definition) is 1. The summed E-state index contributed by atoms with van der Waals surface area (Å²) in [5, 5.41) is 7.92. The van der Waals surface area contributed by atoms with Crippen molar-refractivity contribution in [3.05, 3.63) is 55.2 Å². The van der Waals surface area contributed by atoms with Crippen LogP contribution in [0.3, 0.4) is 0 Å². The number of carbonyl (C=O) groups excluding carboxylic acids is 1. The van der Waals surface area contributed by atoms with Gasteiger partial charge in [0.2, 0.25) is 5.91 Å². The maximum atomic E-state index is 12.0. The van der Waals surface area contributed by atoms with Crippen LogP contribution in [0.1, 0.15) is 22.3 Å². The van der Waals surface area contributed by atoms with E-state index < -0.39 is 11.2 Å². The third-order valence-corrected chi connectivity index (χ3v) is 4.84. The number of amides is 1. The van der Waals surface area contributed by atoms with E-state index in [2.05, 4.69) is 21.7 Å². The molecular formula is C17H21N5O3S. The van der Waals surface area contributed by atoms with Gasteiger partial charge in [0.15, 0.2) is 5.03 Å². The van der Waals surface area contributed by atoms with Crippen molar-refractivity contribution < 1.29 is 4.79 Å². The van der Waals surface area contributed by atoms with Gasteiger partial charge in [-0.15, -0.1) is 0 Å². The highest BCUT2D eigenvalue weighted by atomic mass is 32.2. The number of nitrogens with zero attached hydrogens (tertiary/aromatic N) is 4. The van der Waals surface area contributed by atoms with Crippen molar-refractivity contribution in [2.24, 2.45) is 19.2 Å². The van der Waals surface area contributed by atoms with Crippen molar-refractivity contribution >= 4 is 23.9 Å². The number of aryl methyl sites for hydroxylation is 4. The fourth-order valence-electron chi connectivity index (χ4n) is 2.22. The highest BCUT2D eigenvalue weighted by molar-refractivity contribution is 7.99. The van der Waals surface area contributed by atoms with Gasteiger partial charge < -0.3 is 0 Å². The topological polar surface area (TPSA) is 98.3 Å². The Morgan fingerprint density at radius 3 is 2.54 bits per heavy atom. The lowest BCUT2D eigenvalue weighted by Gasteiger charge is -2.06. The Kier molecular flexibility index (Phi) is 6.14. The van der Waals surface area contributed by atoms with Crippen molar-refractivity contribution in [1.29, 1.82) is 0 Å². The van der Waals surface area contributed by atoms with Crippen molar-refractivity contribution in [1.82, 2.24) is 19.8 Å². The summed E-state index contributed by atoms with van der Waals surface area (Å²) in [6, 6.07) is 4.07. The smallest absolute Gasteiger partial charge is 0.272 e. The van der Waals surface area contributed by atoms with Gasteiger partial charge >= 0.3 is 5.69 Å². The van der Waals surface area contributed by atoms with Crippen LogP contribution in [0.5, 0.6) is 0 Å². The summed E-state index contributed by atoms with van der Waals surface area (Å²) in [6.07, 6.45) is 1.59. The molecule has 1 aromatic heterocycles. The van der Waals surface area contributed by atoms with E-state index >= 15 is 0 Å². The van der Waals surface area contributed by atoms with Crippen LogP contribution < -0.4 is 16.7 Å². The molecule has 1 aromatic carbocycles. The second kappa shape index (κ2) is 8.13. The molecule has 26 heavy (non-hydrogen) atoms. The molecule has 1 N–H and O–H groups in total. The maximum Gasteiger partial charge on any atom is 0.346 e. The highest BCUT2D eigenvalue weighted by Gasteiger charge is 2.11. The summed E-state index contributed by atoms with van der Waals surface area (Å²) in [7, 11) is 2.81. The lowest BCUT2D eigenvalue weighted by atomic mass is 10.0. The van der Waals surface area contributed by atoms with Crippen LogP contribution in [0.15, 0.2) is 31.8 Å². The standard InChI is InChI=1S/C17H21N5O3S/c1-10-6-12(3)13(7-11(10)2)8-18-19-14(23)9-26-15-16(24)21(4)17(25)22(5)20-15/h6-8H,9H2,1-5H3,(H,19,23)/b18-8-. The molecule has 0 bridgehead atoms. The number of hydrazone groups is 1. The average Bonchev–Trinajstić information content (AvgIpc) is 2.59. The van der Waals surface area contributed by atoms with Gasteiger partial charge in [-0.05, 0) is 49.1 Å². The molecule has 138 valence electrons. The van der Waals surface area contributed by atoms with E-state index in [4.69, 9.17) is 0 Å². The summed E-state index contributed by atoms with van der Waals surface area (Å²) >= 11 is 0.956. The van der Waals surface area contributed by atoms with E-state index in [9.17, 15) is 14.4 Å². The third-order valence-electron chi connectivity index (χ3n) is 3.91. The van der Waals surface area contributed by atoms with E-state index in [1.807, 2.05) is 26.8 Å². The molecule has 2 aromatic rings. The number of benzene rings is 1. The van der Waals surface area contributed by atoms with E-state index in [-0.39, 0.29) is 16.7 Å². The van der Waals surface area contributed by atoms with E-state index in [0.29, 0.717) is 0 Å². The number of nitrogens with one attached hydrogen (secondary N) is 1. The Balaban J connectivity index is 1.99. The average molecular weight is 375 g/mol. The lowest BCUT2D eigenvalue weighted by molar-refractivity contribution is -0.118. The molecule has 2 rings (SSSR count). The monoisotopic (exact) mass is 375 g/mol. The summed E-state index contributed by atoms with van der Waals surface area (Å²) in [5.41, 5.74) is 5.73. The Hall–Kier alpha value is -2.68. The largest absolute Gasteiger partial charge is 0.346 e. The van der Waals surface area contributed by atoms with Gasteiger partial charge in [-0.3, -0.25) is 14.2 Å². The molecule has 0 saturated heterocycles. The minimum Gasteiger partial charge on any atom is -0.272 e. The summed E-state index contributed by atoms with van der Waals surface area (Å²) in [6.45, 7) is 6.04. The number of hydrogen-bond acceptors (Lipinski definition) is 6. The summed E-state index contributed by atoms with van der Waals surface area (Å²) in [4.78, 5) is 35.4. The van der Waals surface area contributed by atoms with Crippen molar-refractivity contribution in [2.75, 3.05) is 5.75 Å². The van der Waals surface area contributed by atoms with Crippen LogP contribution in [-0.2, 0) is 18.9 Å². The molecular weight excluding hydrogens is 354 g/mol. The molecule has 0 spiro atoms. The summed E-state index contributed by atoms with van der Waals surface area (Å²) < 4.78 is 2.01. The molecule has 1 amide bonds. The molecule has 0 atom stereocenters. The van der Waals surface area contributed by atoms with Crippen LogP contribution in [0.25, 0.3) is 0 Å². The zero-order valence-electron chi connectivity index (χ0n) is 15.4. The third kappa shape index (κ3) is 4.48. The first kappa shape index (κ1) is 19.6. The first-order valence-corrected chi connectivity index (χ1v) is 8.86. The van der Waals surface area contributed by atoms with Crippen LogP contribution in [0, 0.1) is 20.8 Å². The van der Waals surface area contributed by atoms with Crippen molar-refractivity contribution in [3.63, 3.8) is 0 Å². The second-order valence-corrected chi connectivity index (χ2v) is 6.91. The minimum atomic E-state index is -0.528. The Labute approximate surface area is 154 Å². The van der Waals surface area contributed by atoms with Crippen LogP contribution in [0.4, 0.5) is 0 Å². The van der Waals surface area contributed by atoms with Gasteiger partial charge in [-0.2, -0.15) is 10.2 Å². The molecule has 1 heterocycles. The molecule has 0 aliphatic rings. The normalized spacial score (nSPS) is 11.1. The number of carbonyl (C=O) groups is 1. The molecule has 0 radical (unpaired) electrons. The first-order chi connectivity index (χ1) is 12.2. The van der Waals surface area contributed by atoms with Gasteiger partial charge in [0, 0.05) is 14.1 Å². The molecule has 8 nitrogen and oxygen atoms in total. The summed E-state index contributed by atoms with van der Waals surface area (Å²) in [5.74, 6) is -0.408. The fourth-order valence-corrected chi connectivity index (χ4v) is 2.99. The zero-order chi connectivity index (χ0) is 19.4. The Morgan fingerprint density at radius 2 is 1.85 bits per heavy atom. The Morgan fingerprint density at radius 1 is 1.19 bits per heavy atom. The van der Waals surface area contributed by atoms with Crippen molar-refractivity contribution in [3.8, 4) is 0 Å².